The monoisotopic (exact) mass is 270 g/mol. The van der Waals surface area contributed by atoms with Gasteiger partial charge in [0, 0.05) is 17.3 Å². The topological polar surface area (TPSA) is 38.7 Å². The first-order valence-corrected chi connectivity index (χ1v) is 7.33. The van der Waals surface area contributed by atoms with Gasteiger partial charge in [0.2, 0.25) is 0 Å². The summed E-state index contributed by atoms with van der Waals surface area (Å²) in [5.74, 6) is 0.653. The zero-order valence-electron chi connectivity index (χ0n) is 10.9. The molecule has 1 N–H and O–H groups in total. The summed E-state index contributed by atoms with van der Waals surface area (Å²) in [6.07, 6.45) is 0.595. The first-order chi connectivity index (χ1) is 8.83. The molecule has 1 unspecified atom stereocenters. The van der Waals surface area contributed by atoms with Crippen LogP contribution in [0.25, 0.3) is 0 Å². The van der Waals surface area contributed by atoms with Crippen LogP contribution in [0.4, 0.5) is 0 Å². The molecule has 0 saturated carbocycles. The van der Waals surface area contributed by atoms with E-state index >= 15 is 0 Å². The first-order valence-electron chi connectivity index (χ1n) is 6.34. The predicted molar refractivity (Wildman–Crippen MR) is 75.1 cm³/mol. The molecule has 1 aromatic rings. The molecule has 0 aliphatic heterocycles. The maximum absolute atomic E-state index is 9.73. The fourth-order valence-corrected chi connectivity index (χ4v) is 2.17. The molecule has 0 aromatic heterocycles. The van der Waals surface area contributed by atoms with Gasteiger partial charge in [-0.25, -0.2) is 0 Å². The molecule has 0 aliphatic carbocycles. The second-order valence-electron chi connectivity index (χ2n) is 3.97. The number of benzene rings is 1. The van der Waals surface area contributed by atoms with Crippen LogP contribution in [0.5, 0.6) is 0 Å². The Kier molecular flexibility index (Phi) is 8.94. The largest absolute Gasteiger partial charge is 0.390 e. The molecule has 0 fully saturated rings. The van der Waals surface area contributed by atoms with Gasteiger partial charge in [-0.15, -0.1) is 11.8 Å². The minimum atomic E-state index is -0.429. The van der Waals surface area contributed by atoms with Gasteiger partial charge < -0.3 is 14.6 Å². The van der Waals surface area contributed by atoms with Gasteiger partial charge in [0.25, 0.3) is 0 Å². The molecule has 0 bridgehead atoms. The van der Waals surface area contributed by atoms with Crippen LogP contribution in [0.15, 0.2) is 35.2 Å². The van der Waals surface area contributed by atoms with Gasteiger partial charge in [-0.05, 0) is 18.6 Å². The average molecular weight is 270 g/mol. The van der Waals surface area contributed by atoms with Crippen molar-refractivity contribution in [2.45, 2.75) is 24.3 Å². The van der Waals surface area contributed by atoms with Gasteiger partial charge in [-0.3, -0.25) is 0 Å². The highest BCUT2D eigenvalue weighted by Crippen LogP contribution is 2.17. The van der Waals surface area contributed by atoms with Crippen molar-refractivity contribution >= 4 is 11.8 Å². The first kappa shape index (κ1) is 15.5. The minimum absolute atomic E-state index is 0.370. The Morgan fingerprint density at radius 2 is 1.83 bits per heavy atom. The second kappa shape index (κ2) is 10.4. The van der Waals surface area contributed by atoms with E-state index in [0.29, 0.717) is 25.6 Å². The van der Waals surface area contributed by atoms with Crippen molar-refractivity contribution in [1.29, 1.82) is 0 Å². The Morgan fingerprint density at radius 3 is 2.56 bits per heavy atom. The van der Waals surface area contributed by atoms with Gasteiger partial charge in [0.1, 0.15) is 0 Å². The molecule has 0 radical (unpaired) electrons. The number of aliphatic hydroxyl groups excluding tert-OH is 1. The highest BCUT2D eigenvalue weighted by molar-refractivity contribution is 7.99. The Labute approximate surface area is 113 Å². The third-order valence-corrected chi connectivity index (χ3v) is 3.37. The van der Waals surface area contributed by atoms with Crippen molar-refractivity contribution in [2.24, 2.45) is 0 Å². The zero-order valence-corrected chi connectivity index (χ0v) is 11.7. The van der Waals surface area contributed by atoms with Crippen LogP contribution in [0, 0.1) is 0 Å². The summed E-state index contributed by atoms with van der Waals surface area (Å²) < 4.78 is 10.6. The van der Waals surface area contributed by atoms with Crippen molar-refractivity contribution < 1.29 is 14.6 Å². The Morgan fingerprint density at radius 1 is 1.11 bits per heavy atom. The summed E-state index contributed by atoms with van der Waals surface area (Å²) in [6, 6.07) is 10.1. The van der Waals surface area contributed by atoms with E-state index in [0.717, 1.165) is 13.0 Å². The van der Waals surface area contributed by atoms with Crippen LogP contribution in [0.1, 0.15) is 13.3 Å². The summed E-state index contributed by atoms with van der Waals surface area (Å²) in [5, 5.41) is 9.73. The van der Waals surface area contributed by atoms with Crippen LogP contribution < -0.4 is 0 Å². The minimum Gasteiger partial charge on any atom is -0.390 e. The SMILES string of the molecule is CCCOCCOCC(O)CSc1ccccc1. The number of aliphatic hydroxyl groups is 1. The van der Waals surface area contributed by atoms with Gasteiger partial charge in [0.15, 0.2) is 0 Å². The van der Waals surface area contributed by atoms with E-state index in [9.17, 15) is 5.11 Å². The van der Waals surface area contributed by atoms with Gasteiger partial charge >= 0.3 is 0 Å². The molecule has 102 valence electrons. The summed E-state index contributed by atoms with van der Waals surface area (Å²) in [6.45, 7) is 4.37. The highest BCUT2D eigenvalue weighted by atomic mass is 32.2. The van der Waals surface area contributed by atoms with E-state index < -0.39 is 6.10 Å². The van der Waals surface area contributed by atoms with Crippen LogP contribution >= 0.6 is 11.8 Å². The predicted octanol–water partition coefficient (Wildman–Crippen LogP) is 2.58. The van der Waals surface area contributed by atoms with Crippen LogP contribution in [0.2, 0.25) is 0 Å². The van der Waals surface area contributed by atoms with Crippen molar-refractivity contribution in [3.05, 3.63) is 30.3 Å². The van der Waals surface area contributed by atoms with Gasteiger partial charge in [-0.1, -0.05) is 25.1 Å². The van der Waals surface area contributed by atoms with Crippen molar-refractivity contribution in [2.75, 3.05) is 32.2 Å². The van der Waals surface area contributed by atoms with E-state index in [1.807, 2.05) is 30.3 Å². The summed E-state index contributed by atoms with van der Waals surface area (Å²) in [4.78, 5) is 1.17. The molecule has 0 saturated heterocycles. The summed E-state index contributed by atoms with van der Waals surface area (Å²) in [7, 11) is 0. The smallest absolute Gasteiger partial charge is 0.0867 e. The fourth-order valence-electron chi connectivity index (χ4n) is 1.34. The Hall–Kier alpha value is -0.550. The van der Waals surface area contributed by atoms with Crippen LogP contribution in [0.3, 0.4) is 0 Å². The van der Waals surface area contributed by atoms with Crippen molar-refractivity contribution in [1.82, 2.24) is 0 Å². The van der Waals surface area contributed by atoms with Gasteiger partial charge in [-0.2, -0.15) is 0 Å². The maximum atomic E-state index is 9.73. The molecule has 18 heavy (non-hydrogen) atoms. The molecular weight excluding hydrogens is 248 g/mol. The Balaban J connectivity index is 1.99. The lowest BCUT2D eigenvalue weighted by atomic mass is 10.4. The molecular formula is C14H22O3S. The van der Waals surface area contributed by atoms with E-state index in [1.165, 1.54) is 4.90 Å². The third-order valence-electron chi connectivity index (χ3n) is 2.22. The molecule has 4 heteroatoms. The van der Waals surface area contributed by atoms with E-state index in [2.05, 4.69) is 6.92 Å². The number of thioether (sulfide) groups is 1. The fraction of sp³-hybridized carbons (Fsp3) is 0.571. The second-order valence-corrected chi connectivity index (χ2v) is 5.06. The molecule has 1 aromatic carbocycles. The van der Waals surface area contributed by atoms with Gasteiger partial charge in [0.05, 0.1) is 25.9 Å². The number of hydrogen-bond acceptors (Lipinski definition) is 4. The Bertz CT molecular complexity index is 292. The van der Waals surface area contributed by atoms with Crippen LogP contribution in [-0.4, -0.2) is 43.4 Å². The standard InChI is InChI=1S/C14H22O3S/c1-2-8-16-9-10-17-11-13(15)12-18-14-6-4-3-5-7-14/h3-7,13,15H,2,8-12H2,1H3. The number of rotatable bonds is 10. The molecule has 0 heterocycles. The number of ether oxygens (including phenoxy) is 2. The van der Waals surface area contributed by atoms with Crippen molar-refractivity contribution in [3.63, 3.8) is 0 Å². The van der Waals surface area contributed by atoms with E-state index in [-0.39, 0.29) is 0 Å². The molecule has 1 rings (SSSR count). The lowest BCUT2D eigenvalue weighted by Gasteiger charge is -2.11. The zero-order chi connectivity index (χ0) is 13.1. The van der Waals surface area contributed by atoms with E-state index in [4.69, 9.17) is 9.47 Å². The summed E-state index contributed by atoms with van der Waals surface area (Å²) >= 11 is 1.64. The van der Waals surface area contributed by atoms with Crippen molar-refractivity contribution in [3.8, 4) is 0 Å². The average Bonchev–Trinajstić information content (AvgIpc) is 2.41. The molecule has 0 spiro atoms. The number of hydrogen-bond donors (Lipinski definition) is 1. The normalized spacial score (nSPS) is 12.6. The molecule has 1 atom stereocenters. The lowest BCUT2D eigenvalue weighted by Crippen LogP contribution is -2.19. The lowest BCUT2D eigenvalue weighted by molar-refractivity contribution is 0.0110. The highest BCUT2D eigenvalue weighted by Gasteiger charge is 2.05. The maximum Gasteiger partial charge on any atom is 0.0867 e. The van der Waals surface area contributed by atoms with E-state index in [1.54, 1.807) is 11.8 Å². The molecule has 3 nitrogen and oxygen atoms in total. The molecule has 0 aliphatic rings. The van der Waals surface area contributed by atoms with Crippen LogP contribution in [-0.2, 0) is 9.47 Å². The third kappa shape index (κ3) is 7.71. The summed E-state index contributed by atoms with van der Waals surface area (Å²) in [5.41, 5.74) is 0. The molecule has 0 amide bonds. The quantitative estimate of drug-likeness (QED) is 0.524.